The summed E-state index contributed by atoms with van der Waals surface area (Å²) in [5.41, 5.74) is 0.132. The summed E-state index contributed by atoms with van der Waals surface area (Å²) in [6.45, 7) is 3.80. The number of aliphatic hydroxyl groups is 1. The van der Waals surface area contributed by atoms with E-state index in [-0.39, 0.29) is 18.7 Å². The number of aryl methyl sites for hydroxylation is 1. The van der Waals surface area contributed by atoms with Crippen LogP contribution in [0.2, 0.25) is 0 Å². The first-order chi connectivity index (χ1) is 12.5. The Labute approximate surface area is 151 Å². The number of amides is 1. The fourth-order valence-corrected chi connectivity index (χ4v) is 2.84. The zero-order valence-corrected chi connectivity index (χ0v) is 14.7. The fraction of sp³-hybridized carbons (Fsp3) is 0.250. The number of ether oxygens (including phenoxy) is 1. The average Bonchev–Trinajstić information content (AvgIpc) is 3.01. The van der Waals surface area contributed by atoms with E-state index in [2.05, 4.69) is 5.10 Å². The van der Waals surface area contributed by atoms with E-state index in [9.17, 15) is 14.7 Å². The predicted molar refractivity (Wildman–Crippen MR) is 96.4 cm³/mol. The van der Waals surface area contributed by atoms with Crippen molar-refractivity contribution in [1.29, 1.82) is 0 Å². The highest BCUT2D eigenvalue weighted by Crippen LogP contribution is 2.36. The van der Waals surface area contributed by atoms with Crippen LogP contribution in [0.3, 0.4) is 0 Å². The highest BCUT2D eigenvalue weighted by atomic mass is 16.5. The minimum Gasteiger partial charge on any atom is -0.461 e. The van der Waals surface area contributed by atoms with Gasteiger partial charge in [-0.2, -0.15) is 10.1 Å². The molecule has 0 saturated heterocycles. The molecule has 0 saturated carbocycles. The lowest BCUT2D eigenvalue weighted by atomic mass is 9.96. The van der Waals surface area contributed by atoms with Gasteiger partial charge in [-0.05, 0) is 26.0 Å². The molecule has 2 aromatic carbocycles. The Balaban J connectivity index is 2.03. The summed E-state index contributed by atoms with van der Waals surface area (Å²) >= 11 is 0. The van der Waals surface area contributed by atoms with E-state index in [1.165, 1.54) is 0 Å². The number of hydrogen-bond donors (Lipinski definition) is 1. The second kappa shape index (κ2) is 7.09. The molecule has 134 valence electrons. The van der Waals surface area contributed by atoms with Crippen LogP contribution >= 0.6 is 0 Å². The number of hydrogen-bond acceptors (Lipinski definition) is 5. The molecule has 0 unspecified atom stereocenters. The van der Waals surface area contributed by atoms with Crippen LogP contribution in [0.4, 0.5) is 0 Å². The molecule has 0 fully saturated rings. The molecule has 0 aromatic heterocycles. The maximum Gasteiger partial charge on any atom is 0.354 e. The first-order valence-corrected chi connectivity index (χ1v) is 8.39. The molecule has 1 aliphatic heterocycles. The molecule has 6 nitrogen and oxygen atoms in total. The first-order valence-electron chi connectivity index (χ1n) is 8.39. The van der Waals surface area contributed by atoms with Gasteiger partial charge in [-0.3, -0.25) is 4.79 Å². The van der Waals surface area contributed by atoms with Crippen LogP contribution in [0, 0.1) is 6.92 Å². The minimum atomic E-state index is -1.75. The summed E-state index contributed by atoms with van der Waals surface area (Å²) in [6, 6.07) is 15.6. The van der Waals surface area contributed by atoms with Gasteiger partial charge in [-0.25, -0.2) is 4.79 Å². The van der Waals surface area contributed by atoms with Crippen molar-refractivity contribution >= 4 is 17.6 Å². The summed E-state index contributed by atoms with van der Waals surface area (Å²) in [5.74, 6) is -1.13. The molecular weight excluding hydrogens is 332 g/mol. The Bertz CT molecular complexity index is 846. The zero-order chi connectivity index (χ0) is 18.7. The van der Waals surface area contributed by atoms with E-state index in [1.807, 2.05) is 19.1 Å². The van der Waals surface area contributed by atoms with Crippen molar-refractivity contribution in [3.63, 3.8) is 0 Å². The van der Waals surface area contributed by atoms with Crippen molar-refractivity contribution in [3.05, 3.63) is 71.3 Å². The van der Waals surface area contributed by atoms with Crippen LogP contribution in [0.5, 0.6) is 0 Å². The Morgan fingerprint density at radius 2 is 1.81 bits per heavy atom. The van der Waals surface area contributed by atoms with Crippen molar-refractivity contribution in [2.24, 2.45) is 5.10 Å². The number of esters is 1. The van der Waals surface area contributed by atoms with Crippen molar-refractivity contribution < 1.29 is 19.4 Å². The number of carbonyl (C=O) groups is 2. The van der Waals surface area contributed by atoms with E-state index in [0.717, 1.165) is 10.6 Å². The highest BCUT2D eigenvalue weighted by Gasteiger charge is 2.48. The van der Waals surface area contributed by atoms with Gasteiger partial charge in [0.05, 0.1) is 13.0 Å². The molecule has 1 N–H and O–H groups in total. The van der Waals surface area contributed by atoms with Gasteiger partial charge >= 0.3 is 5.97 Å². The van der Waals surface area contributed by atoms with Gasteiger partial charge in [-0.1, -0.05) is 48.0 Å². The second-order valence-corrected chi connectivity index (χ2v) is 6.11. The molecule has 3 rings (SSSR count). The van der Waals surface area contributed by atoms with Crippen molar-refractivity contribution in [1.82, 2.24) is 5.01 Å². The lowest BCUT2D eigenvalue weighted by Crippen LogP contribution is -2.43. The SMILES string of the molecule is CCOC(=O)C1=NN(C(=O)c2ccccc2)[C@@](O)(c2ccc(C)cc2)C1. The molecule has 1 amide bonds. The largest absolute Gasteiger partial charge is 0.461 e. The number of hydrazone groups is 1. The summed E-state index contributed by atoms with van der Waals surface area (Å²) in [4.78, 5) is 25.1. The third-order valence-corrected chi connectivity index (χ3v) is 4.22. The second-order valence-electron chi connectivity index (χ2n) is 6.11. The average molecular weight is 352 g/mol. The molecule has 26 heavy (non-hydrogen) atoms. The molecule has 0 aliphatic carbocycles. The Morgan fingerprint density at radius 3 is 2.42 bits per heavy atom. The maximum atomic E-state index is 12.9. The van der Waals surface area contributed by atoms with Gasteiger partial charge in [0.15, 0.2) is 11.4 Å². The van der Waals surface area contributed by atoms with Crippen molar-refractivity contribution in [2.75, 3.05) is 6.61 Å². The van der Waals surface area contributed by atoms with Crippen LogP contribution in [-0.4, -0.2) is 34.3 Å². The van der Waals surface area contributed by atoms with E-state index in [1.54, 1.807) is 49.4 Å². The monoisotopic (exact) mass is 352 g/mol. The van der Waals surface area contributed by atoms with Crippen LogP contribution in [0.25, 0.3) is 0 Å². The predicted octanol–water partition coefficient (Wildman–Crippen LogP) is 2.61. The summed E-state index contributed by atoms with van der Waals surface area (Å²) in [5, 5.41) is 16.4. The fourth-order valence-electron chi connectivity index (χ4n) is 2.84. The molecular formula is C20H20N2O4. The molecule has 2 aromatic rings. The third-order valence-electron chi connectivity index (χ3n) is 4.22. The quantitative estimate of drug-likeness (QED) is 0.858. The summed E-state index contributed by atoms with van der Waals surface area (Å²) in [7, 11) is 0. The Hall–Kier alpha value is -2.99. The van der Waals surface area contributed by atoms with Crippen LogP contribution < -0.4 is 0 Å². The van der Waals surface area contributed by atoms with E-state index in [4.69, 9.17) is 4.74 Å². The van der Waals surface area contributed by atoms with Crippen molar-refractivity contribution in [3.8, 4) is 0 Å². The summed E-state index contributed by atoms with van der Waals surface area (Å²) in [6.07, 6.45) is -0.131. The van der Waals surface area contributed by atoms with Gasteiger partial charge < -0.3 is 9.84 Å². The number of benzene rings is 2. The third kappa shape index (κ3) is 3.23. The normalized spacial score (nSPS) is 19.2. The number of nitrogens with zero attached hydrogens (tertiary/aromatic N) is 2. The first kappa shape index (κ1) is 17.8. The van der Waals surface area contributed by atoms with E-state index < -0.39 is 17.6 Å². The molecule has 0 bridgehead atoms. The van der Waals surface area contributed by atoms with Gasteiger partial charge in [0.2, 0.25) is 0 Å². The smallest absolute Gasteiger partial charge is 0.354 e. The molecule has 1 atom stereocenters. The van der Waals surface area contributed by atoms with Gasteiger partial charge in [-0.15, -0.1) is 0 Å². The van der Waals surface area contributed by atoms with Gasteiger partial charge in [0.1, 0.15) is 0 Å². The highest BCUT2D eigenvalue weighted by molar-refractivity contribution is 6.37. The zero-order valence-electron chi connectivity index (χ0n) is 14.7. The molecule has 6 heteroatoms. The molecule has 1 aliphatic rings. The summed E-state index contributed by atoms with van der Waals surface area (Å²) < 4.78 is 4.99. The van der Waals surface area contributed by atoms with Crippen LogP contribution in [-0.2, 0) is 15.3 Å². The van der Waals surface area contributed by atoms with Gasteiger partial charge in [0.25, 0.3) is 5.91 Å². The number of rotatable bonds is 4. The topological polar surface area (TPSA) is 79.2 Å². The minimum absolute atomic E-state index is 0.0132. The number of carbonyl (C=O) groups excluding carboxylic acids is 2. The molecule has 1 heterocycles. The Kier molecular flexibility index (Phi) is 4.86. The van der Waals surface area contributed by atoms with E-state index >= 15 is 0 Å². The molecule has 0 radical (unpaired) electrons. The lowest BCUT2D eigenvalue weighted by molar-refractivity contribution is -0.135. The lowest BCUT2D eigenvalue weighted by Gasteiger charge is -2.31. The molecule has 0 spiro atoms. The van der Waals surface area contributed by atoms with Crippen LogP contribution in [0.1, 0.15) is 34.8 Å². The Morgan fingerprint density at radius 1 is 1.15 bits per heavy atom. The van der Waals surface area contributed by atoms with Crippen molar-refractivity contribution in [2.45, 2.75) is 26.0 Å². The van der Waals surface area contributed by atoms with Gasteiger partial charge in [0, 0.05) is 11.1 Å². The maximum absolute atomic E-state index is 12.9. The standard InChI is InChI=1S/C20H20N2O4/c1-3-26-19(24)17-13-20(25,16-11-9-14(2)10-12-16)22(21-17)18(23)15-7-5-4-6-8-15/h4-12,25H,3,13H2,1-2H3/t20-/m0/s1. The van der Waals surface area contributed by atoms with Crippen LogP contribution in [0.15, 0.2) is 59.7 Å². The van der Waals surface area contributed by atoms with E-state index in [0.29, 0.717) is 11.1 Å².